The number of aryl methyl sites for hydroxylation is 1. The van der Waals surface area contributed by atoms with Gasteiger partial charge in [-0.1, -0.05) is 0 Å². The highest BCUT2D eigenvalue weighted by molar-refractivity contribution is 5.63. The first kappa shape index (κ1) is 8.07. The highest BCUT2D eigenvalue weighted by Crippen LogP contribution is 2.22. The zero-order chi connectivity index (χ0) is 9.26. The molecule has 0 unspecified atom stereocenters. The molecule has 2 heterocycles. The van der Waals surface area contributed by atoms with E-state index in [1.165, 1.54) is 0 Å². The second-order valence-electron chi connectivity index (χ2n) is 2.88. The van der Waals surface area contributed by atoms with E-state index in [-0.39, 0.29) is 0 Å². The van der Waals surface area contributed by atoms with Gasteiger partial charge in [-0.3, -0.25) is 4.68 Å². The van der Waals surface area contributed by atoms with Crippen molar-refractivity contribution in [3.8, 4) is 11.1 Å². The van der Waals surface area contributed by atoms with Crippen LogP contribution in [0.5, 0.6) is 0 Å². The Balaban J connectivity index is 2.50. The number of nitrogens with zero attached hydrogens (tertiary/aromatic N) is 2. The fraction of sp³-hybridized carbons (Fsp3) is 0.222. The minimum atomic E-state index is 0.446. The van der Waals surface area contributed by atoms with Gasteiger partial charge in [-0.05, 0) is 6.07 Å². The van der Waals surface area contributed by atoms with Gasteiger partial charge >= 0.3 is 0 Å². The summed E-state index contributed by atoms with van der Waals surface area (Å²) in [4.78, 5) is 0. The van der Waals surface area contributed by atoms with Crippen molar-refractivity contribution in [1.29, 1.82) is 0 Å². The Kier molecular flexibility index (Phi) is 1.90. The number of hydrogen-bond acceptors (Lipinski definition) is 3. The fourth-order valence-electron chi connectivity index (χ4n) is 1.34. The first-order valence-corrected chi connectivity index (χ1v) is 4.06. The molecule has 2 aromatic heterocycles. The standard InChI is InChI=1S/C9H11N3O/c1-12-5-8(9(4-10)11-12)7-2-3-13-6-7/h2-3,5-6H,4,10H2,1H3. The predicted octanol–water partition coefficient (Wildman–Crippen LogP) is 1.14. The Labute approximate surface area is 76.0 Å². The van der Waals surface area contributed by atoms with Crippen molar-refractivity contribution < 1.29 is 4.42 Å². The SMILES string of the molecule is Cn1cc(-c2ccoc2)c(CN)n1. The first-order valence-electron chi connectivity index (χ1n) is 4.06. The number of aromatic nitrogens is 2. The highest BCUT2D eigenvalue weighted by Gasteiger charge is 2.08. The Morgan fingerprint density at radius 2 is 2.46 bits per heavy atom. The van der Waals surface area contributed by atoms with E-state index >= 15 is 0 Å². The van der Waals surface area contributed by atoms with Crippen molar-refractivity contribution in [1.82, 2.24) is 9.78 Å². The molecule has 4 heteroatoms. The molecule has 0 amide bonds. The smallest absolute Gasteiger partial charge is 0.0982 e. The Hall–Kier alpha value is -1.55. The molecule has 2 aromatic rings. The van der Waals surface area contributed by atoms with Gasteiger partial charge in [-0.15, -0.1) is 0 Å². The predicted molar refractivity (Wildman–Crippen MR) is 48.8 cm³/mol. The van der Waals surface area contributed by atoms with Crippen LogP contribution in [0.25, 0.3) is 11.1 Å². The molecule has 0 aliphatic heterocycles. The average molecular weight is 177 g/mol. The lowest BCUT2D eigenvalue weighted by molar-refractivity contribution is 0.568. The Morgan fingerprint density at radius 3 is 3.08 bits per heavy atom. The van der Waals surface area contributed by atoms with E-state index in [0.29, 0.717) is 6.54 Å². The molecule has 0 radical (unpaired) electrons. The van der Waals surface area contributed by atoms with Crippen LogP contribution in [0.4, 0.5) is 0 Å². The summed E-state index contributed by atoms with van der Waals surface area (Å²) in [7, 11) is 1.88. The lowest BCUT2D eigenvalue weighted by atomic mass is 10.1. The largest absolute Gasteiger partial charge is 0.472 e. The van der Waals surface area contributed by atoms with Gasteiger partial charge in [0.1, 0.15) is 0 Å². The number of nitrogens with two attached hydrogens (primary N) is 1. The number of rotatable bonds is 2. The molecule has 0 spiro atoms. The van der Waals surface area contributed by atoms with Gasteiger partial charge in [0.25, 0.3) is 0 Å². The fourth-order valence-corrected chi connectivity index (χ4v) is 1.34. The van der Waals surface area contributed by atoms with E-state index in [9.17, 15) is 0 Å². The summed E-state index contributed by atoms with van der Waals surface area (Å²) in [6, 6.07) is 1.90. The zero-order valence-corrected chi connectivity index (χ0v) is 7.40. The third kappa shape index (κ3) is 1.36. The molecule has 13 heavy (non-hydrogen) atoms. The summed E-state index contributed by atoms with van der Waals surface area (Å²) in [6.45, 7) is 0.446. The minimum absolute atomic E-state index is 0.446. The van der Waals surface area contributed by atoms with Gasteiger partial charge in [0.2, 0.25) is 0 Å². The van der Waals surface area contributed by atoms with Gasteiger partial charge in [0.05, 0.1) is 18.2 Å². The zero-order valence-electron chi connectivity index (χ0n) is 7.40. The van der Waals surface area contributed by atoms with Crippen LogP contribution in [0.2, 0.25) is 0 Å². The summed E-state index contributed by atoms with van der Waals surface area (Å²) in [6.07, 6.45) is 5.27. The molecule has 2 rings (SSSR count). The van der Waals surface area contributed by atoms with Crippen LogP contribution in [0, 0.1) is 0 Å². The molecule has 0 atom stereocenters. The molecular weight excluding hydrogens is 166 g/mol. The van der Waals surface area contributed by atoms with E-state index in [0.717, 1.165) is 16.8 Å². The van der Waals surface area contributed by atoms with Crippen molar-refractivity contribution in [2.75, 3.05) is 0 Å². The van der Waals surface area contributed by atoms with Gasteiger partial charge in [-0.25, -0.2) is 0 Å². The lowest BCUT2D eigenvalue weighted by Gasteiger charge is -1.93. The summed E-state index contributed by atoms with van der Waals surface area (Å²) in [5.41, 5.74) is 8.52. The van der Waals surface area contributed by atoms with Crippen LogP contribution in [-0.2, 0) is 13.6 Å². The van der Waals surface area contributed by atoms with Gasteiger partial charge in [0.15, 0.2) is 0 Å². The van der Waals surface area contributed by atoms with Gasteiger partial charge in [-0.2, -0.15) is 5.10 Å². The maximum Gasteiger partial charge on any atom is 0.0982 e. The number of hydrogen-bond donors (Lipinski definition) is 1. The molecule has 0 fully saturated rings. The highest BCUT2D eigenvalue weighted by atomic mass is 16.3. The van der Waals surface area contributed by atoms with E-state index in [1.54, 1.807) is 17.2 Å². The lowest BCUT2D eigenvalue weighted by Crippen LogP contribution is -1.99. The third-order valence-corrected chi connectivity index (χ3v) is 1.93. The second kappa shape index (κ2) is 3.06. The van der Waals surface area contributed by atoms with Gasteiger partial charge in [0, 0.05) is 30.9 Å². The molecule has 0 aromatic carbocycles. The molecule has 0 aliphatic carbocycles. The number of furan rings is 1. The molecular formula is C9H11N3O. The molecule has 0 saturated carbocycles. The van der Waals surface area contributed by atoms with Crippen LogP contribution in [0.15, 0.2) is 29.2 Å². The van der Waals surface area contributed by atoms with E-state index in [2.05, 4.69) is 5.10 Å². The van der Waals surface area contributed by atoms with Crippen molar-refractivity contribution in [2.45, 2.75) is 6.54 Å². The first-order chi connectivity index (χ1) is 6.31. The monoisotopic (exact) mass is 177 g/mol. The van der Waals surface area contributed by atoms with Gasteiger partial charge < -0.3 is 10.2 Å². The molecule has 0 aliphatic rings. The summed E-state index contributed by atoms with van der Waals surface area (Å²) >= 11 is 0. The third-order valence-electron chi connectivity index (χ3n) is 1.93. The summed E-state index contributed by atoms with van der Waals surface area (Å²) in [5.74, 6) is 0. The normalized spacial score (nSPS) is 10.6. The molecule has 0 saturated heterocycles. The molecule has 68 valence electrons. The Morgan fingerprint density at radius 1 is 1.62 bits per heavy atom. The van der Waals surface area contributed by atoms with Crippen molar-refractivity contribution in [3.05, 3.63) is 30.5 Å². The van der Waals surface area contributed by atoms with Crippen molar-refractivity contribution >= 4 is 0 Å². The second-order valence-corrected chi connectivity index (χ2v) is 2.88. The van der Waals surface area contributed by atoms with Crippen LogP contribution >= 0.6 is 0 Å². The van der Waals surface area contributed by atoms with Crippen molar-refractivity contribution in [3.63, 3.8) is 0 Å². The van der Waals surface area contributed by atoms with E-state index < -0.39 is 0 Å². The summed E-state index contributed by atoms with van der Waals surface area (Å²) in [5, 5.41) is 4.24. The van der Waals surface area contributed by atoms with E-state index in [4.69, 9.17) is 10.2 Å². The molecule has 2 N–H and O–H groups in total. The van der Waals surface area contributed by atoms with Crippen LogP contribution in [-0.4, -0.2) is 9.78 Å². The van der Waals surface area contributed by atoms with Crippen LogP contribution in [0.1, 0.15) is 5.69 Å². The van der Waals surface area contributed by atoms with E-state index in [1.807, 2.05) is 19.3 Å². The maximum atomic E-state index is 5.56. The minimum Gasteiger partial charge on any atom is -0.472 e. The summed E-state index contributed by atoms with van der Waals surface area (Å²) < 4.78 is 6.75. The Bertz CT molecular complexity index is 389. The molecule has 0 bridgehead atoms. The quantitative estimate of drug-likeness (QED) is 0.748. The van der Waals surface area contributed by atoms with Crippen LogP contribution in [0.3, 0.4) is 0 Å². The van der Waals surface area contributed by atoms with Crippen LogP contribution < -0.4 is 5.73 Å². The topological polar surface area (TPSA) is 57.0 Å². The van der Waals surface area contributed by atoms with Crippen molar-refractivity contribution in [2.24, 2.45) is 12.8 Å². The molecule has 4 nitrogen and oxygen atoms in total. The maximum absolute atomic E-state index is 5.56. The average Bonchev–Trinajstić information content (AvgIpc) is 2.71.